The Labute approximate surface area is 96.1 Å². The summed E-state index contributed by atoms with van der Waals surface area (Å²) in [7, 11) is 0. The summed E-state index contributed by atoms with van der Waals surface area (Å²) in [6.45, 7) is 0. The maximum Gasteiger partial charge on any atom is 0.169 e. The highest BCUT2D eigenvalue weighted by atomic mass is 19.1. The zero-order chi connectivity index (χ0) is 11.8. The van der Waals surface area contributed by atoms with Gasteiger partial charge in [-0.3, -0.25) is 0 Å². The number of benzene rings is 1. The molecule has 0 aliphatic heterocycles. The van der Waals surface area contributed by atoms with Gasteiger partial charge in [0.25, 0.3) is 0 Å². The van der Waals surface area contributed by atoms with E-state index in [2.05, 4.69) is 0 Å². The van der Waals surface area contributed by atoms with Crippen LogP contribution in [0.25, 0.3) is 11.0 Å². The van der Waals surface area contributed by atoms with Crippen LogP contribution in [0.2, 0.25) is 0 Å². The summed E-state index contributed by atoms with van der Waals surface area (Å²) in [5.74, 6) is 0.391. The van der Waals surface area contributed by atoms with Crippen LogP contribution in [0.1, 0.15) is 17.6 Å². The molecule has 1 unspecified atom stereocenters. The minimum absolute atomic E-state index is 0.334. The largest absolute Gasteiger partial charge is 0.466 e. The predicted octanol–water partition coefficient (Wildman–Crippen LogP) is 3.25. The molecule has 1 N–H and O–H groups in total. The van der Waals surface area contributed by atoms with E-state index in [1.54, 1.807) is 18.2 Å². The van der Waals surface area contributed by atoms with Crippen LogP contribution in [0.15, 0.2) is 51.5 Å². The van der Waals surface area contributed by atoms with Gasteiger partial charge in [0.05, 0.1) is 6.26 Å². The van der Waals surface area contributed by atoms with Gasteiger partial charge in [0.15, 0.2) is 6.10 Å². The zero-order valence-corrected chi connectivity index (χ0v) is 8.76. The summed E-state index contributed by atoms with van der Waals surface area (Å²) in [4.78, 5) is 0. The summed E-state index contributed by atoms with van der Waals surface area (Å²) in [5, 5.41) is 10.6. The van der Waals surface area contributed by atoms with Crippen molar-refractivity contribution in [2.24, 2.45) is 0 Å². The molecule has 1 aromatic carbocycles. The average Bonchev–Trinajstić information content (AvgIpc) is 2.96. The average molecular weight is 232 g/mol. The van der Waals surface area contributed by atoms with E-state index in [1.807, 2.05) is 0 Å². The summed E-state index contributed by atoms with van der Waals surface area (Å²) in [5.41, 5.74) is 0.534. The molecule has 0 radical (unpaired) electrons. The lowest BCUT2D eigenvalue weighted by atomic mass is 10.2. The fraction of sp³-hybridized carbons (Fsp3) is 0.0769. The van der Waals surface area contributed by atoms with Crippen molar-refractivity contribution in [2.75, 3.05) is 0 Å². The summed E-state index contributed by atoms with van der Waals surface area (Å²) in [6.07, 6.45) is 0.501. The van der Waals surface area contributed by atoms with Crippen LogP contribution in [-0.4, -0.2) is 5.11 Å². The van der Waals surface area contributed by atoms with Crippen molar-refractivity contribution < 1.29 is 18.3 Å². The molecule has 0 aliphatic carbocycles. The Morgan fingerprint density at radius 3 is 2.76 bits per heavy atom. The van der Waals surface area contributed by atoms with Crippen molar-refractivity contribution >= 4 is 11.0 Å². The second-order valence-corrected chi connectivity index (χ2v) is 3.75. The van der Waals surface area contributed by atoms with Crippen molar-refractivity contribution in [2.45, 2.75) is 6.10 Å². The van der Waals surface area contributed by atoms with Gasteiger partial charge in [-0.25, -0.2) is 4.39 Å². The maximum absolute atomic E-state index is 13.0. The highest BCUT2D eigenvalue weighted by Gasteiger charge is 2.18. The van der Waals surface area contributed by atoms with Crippen molar-refractivity contribution in [3.05, 3.63) is 60.0 Å². The highest BCUT2D eigenvalue weighted by Crippen LogP contribution is 2.28. The van der Waals surface area contributed by atoms with Gasteiger partial charge in [0, 0.05) is 5.39 Å². The van der Waals surface area contributed by atoms with Gasteiger partial charge in [0.1, 0.15) is 22.9 Å². The molecule has 0 fully saturated rings. The van der Waals surface area contributed by atoms with Crippen LogP contribution in [0.4, 0.5) is 4.39 Å². The summed E-state index contributed by atoms with van der Waals surface area (Å²) < 4.78 is 23.5. The lowest BCUT2D eigenvalue weighted by molar-refractivity contribution is 0.165. The first-order chi connectivity index (χ1) is 8.24. The number of fused-ring (bicyclic) bond motifs is 1. The van der Waals surface area contributed by atoms with Gasteiger partial charge in [0.2, 0.25) is 0 Å². The molecular formula is C13H9FO3. The third-order valence-electron chi connectivity index (χ3n) is 2.58. The number of aliphatic hydroxyl groups excluding tert-OH is 1. The minimum Gasteiger partial charge on any atom is -0.466 e. The fourth-order valence-corrected chi connectivity index (χ4v) is 1.76. The monoisotopic (exact) mass is 232 g/mol. The molecule has 4 heteroatoms. The maximum atomic E-state index is 13.0. The first kappa shape index (κ1) is 10.1. The second kappa shape index (κ2) is 3.75. The normalized spacial score (nSPS) is 13.1. The van der Waals surface area contributed by atoms with E-state index in [4.69, 9.17) is 8.83 Å². The van der Waals surface area contributed by atoms with Crippen molar-refractivity contribution in [3.63, 3.8) is 0 Å². The van der Waals surface area contributed by atoms with E-state index in [0.717, 1.165) is 0 Å². The van der Waals surface area contributed by atoms with E-state index in [-0.39, 0.29) is 5.82 Å². The predicted molar refractivity (Wildman–Crippen MR) is 58.9 cm³/mol. The Bertz CT molecular complexity index is 640. The quantitative estimate of drug-likeness (QED) is 0.737. The molecule has 0 spiro atoms. The SMILES string of the molecule is OC(c1ccco1)c1cc2cc(F)ccc2o1. The van der Waals surface area contributed by atoms with Crippen molar-refractivity contribution in [1.82, 2.24) is 0 Å². The van der Waals surface area contributed by atoms with Gasteiger partial charge in [-0.15, -0.1) is 0 Å². The molecule has 0 amide bonds. The molecule has 0 saturated carbocycles. The Morgan fingerprint density at radius 1 is 1.12 bits per heavy atom. The summed E-state index contributed by atoms with van der Waals surface area (Å²) in [6, 6.07) is 9.14. The molecule has 1 atom stereocenters. The van der Waals surface area contributed by atoms with Gasteiger partial charge < -0.3 is 13.9 Å². The van der Waals surface area contributed by atoms with E-state index in [0.29, 0.717) is 22.5 Å². The van der Waals surface area contributed by atoms with Crippen LogP contribution in [0.3, 0.4) is 0 Å². The number of furan rings is 2. The number of hydrogen-bond donors (Lipinski definition) is 1. The second-order valence-electron chi connectivity index (χ2n) is 3.75. The third-order valence-corrected chi connectivity index (χ3v) is 2.58. The molecule has 3 nitrogen and oxygen atoms in total. The van der Waals surface area contributed by atoms with E-state index < -0.39 is 6.10 Å². The van der Waals surface area contributed by atoms with Crippen molar-refractivity contribution in [1.29, 1.82) is 0 Å². The van der Waals surface area contributed by atoms with E-state index in [1.165, 1.54) is 24.5 Å². The number of aliphatic hydroxyl groups is 1. The Balaban J connectivity index is 2.06. The van der Waals surface area contributed by atoms with Gasteiger partial charge in [-0.2, -0.15) is 0 Å². The van der Waals surface area contributed by atoms with Crippen LogP contribution < -0.4 is 0 Å². The first-order valence-corrected chi connectivity index (χ1v) is 5.14. The molecule has 2 aromatic heterocycles. The third kappa shape index (κ3) is 1.72. The molecule has 3 aromatic rings. The smallest absolute Gasteiger partial charge is 0.169 e. The van der Waals surface area contributed by atoms with Crippen LogP contribution >= 0.6 is 0 Å². The topological polar surface area (TPSA) is 46.5 Å². The number of rotatable bonds is 2. The van der Waals surface area contributed by atoms with Gasteiger partial charge >= 0.3 is 0 Å². The van der Waals surface area contributed by atoms with E-state index >= 15 is 0 Å². The molecule has 0 bridgehead atoms. The Kier molecular flexibility index (Phi) is 2.23. The van der Waals surface area contributed by atoms with Crippen molar-refractivity contribution in [3.8, 4) is 0 Å². The lowest BCUT2D eigenvalue weighted by Gasteiger charge is -2.02. The standard InChI is InChI=1S/C13H9FO3/c14-9-3-4-10-8(6-9)7-12(17-10)13(15)11-2-1-5-16-11/h1-7,13,15H. The molecule has 3 rings (SSSR count). The van der Waals surface area contributed by atoms with Crippen LogP contribution in [0, 0.1) is 5.82 Å². The number of halogens is 1. The summed E-state index contributed by atoms with van der Waals surface area (Å²) >= 11 is 0. The first-order valence-electron chi connectivity index (χ1n) is 5.14. The molecule has 17 heavy (non-hydrogen) atoms. The van der Waals surface area contributed by atoms with Gasteiger partial charge in [-0.1, -0.05) is 0 Å². The molecule has 0 saturated heterocycles. The van der Waals surface area contributed by atoms with Crippen LogP contribution in [-0.2, 0) is 0 Å². The number of hydrogen-bond acceptors (Lipinski definition) is 3. The van der Waals surface area contributed by atoms with Crippen LogP contribution in [0.5, 0.6) is 0 Å². The van der Waals surface area contributed by atoms with E-state index in [9.17, 15) is 9.50 Å². The molecule has 2 heterocycles. The zero-order valence-electron chi connectivity index (χ0n) is 8.76. The molecular weight excluding hydrogens is 223 g/mol. The minimum atomic E-state index is -0.972. The Morgan fingerprint density at radius 2 is 2.00 bits per heavy atom. The Hall–Kier alpha value is -2.07. The van der Waals surface area contributed by atoms with Gasteiger partial charge in [-0.05, 0) is 36.4 Å². The molecule has 0 aliphatic rings. The highest BCUT2D eigenvalue weighted by molar-refractivity contribution is 5.78. The molecule has 86 valence electrons. The fourth-order valence-electron chi connectivity index (χ4n) is 1.76. The lowest BCUT2D eigenvalue weighted by Crippen LogP contribution is -1.95.